The third-order valence-corrected chi connectivity index (χ3v) is 4.79. The molecule has 0 fully saturated rings. The van der Waals surface area contributed by atoms with E-state index >= 15 is 0 Å². The van der Waals surface area contributed by atoms with E-state index in [1.807, 2.05) is 37.3 Å². The molecule has 1 aliphatic rings. The average Bonchev–Trinajstić information content (AvgIpc) is 3.04. The predicted octanol–water partition coefficient (Wildman–Crippen LogP) is 3.50. The summed E-state index contributed by atoms with van der Waals surface area (Å²) < 4.78 is 6.84. The van der Waals surface area contributed by atoms with Crippen molar-refractivity contribution in [2.75, 3.05) is 12.4 Å². The number of aryl methyl sites for hydroxylation is 1. The van der Waals surface area contributed by atoms with Gasteiger partial charge in [-0.1, -0.05) is 18.2 Å². The lowest BCUT2D eigenvalue weighted by atomic mass is 9.85. The Labute approximate surface area is 156 Å². The van der Waals surface area contributed by atoms with E-state index in [2.05, 4.69) is 10.4 Å². The molecule has 27 heavy (non-hydrogen) atoms. The minimum atomic E-state index is -0.556. The van der Waals surface area contributed by atoms with Crippen LogP contribution in [0, 0.1) is 6.92 Å². The van der Waals surface area contributed by atoms with Crippen molar-refractivity contribution in [2.45, 2.75) is 19.3 Å². The number of nitrogens with one attached hydrogen (secondary N) is 1. The maximum Gasteiger partial charge on any atom is 0.226 e. The summed E-state index contributed by atoms with van der Waals surface area (Å²) in [6.07, 6.45) is 0.110. The Bertz CT molecular complexity index is 1010. The van der Waals surface area contributed by atoms with E-state index in [4.69, 9.17) is 4.74 Å². The molecular weight excluding hydrogens is 342 g/mol. The van der Waals surface area contributed by atoms with Crippen molar-refractivity contribution in [2.24, 2.45) is 0 Å². The van der Waals surface area contributed by atoms with Crippen molar-refractivity contribution in [1.29, 1.82) is 0 Å². The van der Waals surface area contributed by atoms with Crippen LogP contribution in [0.5, 0.6) is 5.75 Å². The molecule has 2 heterocycles. The van der Waals surface area contributed by atoms with Gasteiger partial charge in [0, 0.05) is 17.5 Å². The van der Waals surface area contributed by atoms with Crippen LogP contribution in [0.2, 0.25) is 0 Å². The largest absolute Gasteiger partial charge is 0.497 e. The van der Waals surface area contributed by atoms with E-state index in [1.54, 1.807) is 36.1 Å². The molecule has 2 aromatic carbocycles. The number of rotatable bonds is 4. The number of aromatic nitrogens is 2. The molecular formula is C21H19N3O3. The van der Waals surface area contributed by atoms with Gasteiger partial charge in [-0.05, 0) is 43.3 Å². The van der Waals surface area contributed by atoms with Crippen LogP contribution in [0.4, 0.5) is 5.82 Å². The van der Waals surface area contributed by atoms with Gasteiger partial charge in [0.1, 0.15) is 11.6 Å². The fourth-order valence-corrected chi connectivity index (χ4v) is 3.48. The van der Waals surface area contributed by atoms with Crippen molar-refractivity contribution in [3.8, 4) is 11.4 Å². The highest BCUT2D eigenvalue weighted by atomic mass is 16.5. The number of nitrogens with zero attached hydrogens (tertiary/aromatic N) is 2. The highest BCUT2D eigenvalue weighted by Gasteiger charge is 2.36. The van der Waals surface area contributed by atoms with E-state index in [0.29, 0.717) is 17.1 Å². The maximum absolute atomic E-state index is 13.1. The van der Waals surface area contributed by atoms with Crippen molar-refractivity contribution < 1.29 is 14.3 Å². The predicted molar refractivity (Wildman–Crippen MR) is 102 cm³/mol. The Morgan fingerprint density at radius 2 is 1.85 bits per heavy atom. The second-order valence-corrected chi connectivity index (χ2v) is 6.49. The summed E-state index contributed by atoms with van der Waals surface area (Å²) >= 11 is 0. The van der Waals surface area contributed by atoms with Crippen LogP contribution in [0.25, 0.3) is 5.69 Å². The zero-order chi connectivity index (χ0) is 19.0. The summed E-state index contributed by atoms with van der Waals surface area (Å²) in [5, 5.41) is 7.47. The zero-order valence-corrected chi connectivity index (χ0v) is 15.1. The smallest absolute Gasteiger partial charge is 0.226 e. The summed E-state index contributed by atoms with van der Waals surface area (Å²) in [7, 11) is 1.58. The summed E-state index contributed by atoms with van der Waals surface area (Å²) in [5.74, 6) is 0.416. The quantitative estimate of drug-likeness (QED) is 0.722. The van der Waals surface area contributed by atoms with E-state index < -0.39 is 5.92 Å². The Hall–Kier alpha value is -3.41. The van der Waals surface area contributed by atoms with Gasteiger partial charge < -0.3 is 10.1 Å². The maximum atomic E-state index is 13.1. The van der Waals surface area contributed by atoms with Gasteiger partial charge in [0.05, 0.1) is 24.4 Å². The number of carbonyl (C=O) groups is 2. The molecule has 1 aliphatic heterocycles. The molecule has 3 aromatic rings. The van der Waals surface area contributed by atoms with Gasteiger partial charge in [-0.15, -0.1) is 0 Å². The van der Waals surface area contributed by atoms with Crippen LogP contribution < -0.4 is 10.1 Å². The van der Waals surface area contributed by atoms with Crippen LogP contribution >= 0.6 is 0 Å². The third-order valence-electron chi connectivity index (χ3n) is 4.79. The lowest BCUT2D eigenvalue weighted by molar-refractivity contribution is -0.116. The number of amides is 1. The third kappa shape index (κ3) is 2.99. The molecule has 0 saturated carbocycles. The molecule has 0 radical (unpaired) electrons. The molecule has 1 amide bonds. The fraction of sp³-hybridized carbons (Fsp3) is 0.190. The molecule has 0 saturated heterocycles. The summed E-state index contributed by atoms with van der Waals surface area (Å²) in [6, 6.07) is 16.5. The number of carbonyl (C=O) groups excluding carboxylic acids is 2. The molecule has 1 N–H and O–H groups in total. The standard InChI is InChI=1S/C21H19N3O3/c1-13-19-17(20(26)14-8-10-16(27-2)11-9-14)12-18(25)22-21(19)24(23-13)15-6-4-3-5-7-15/h3-11,17H,12H2,1-2H3,(H,22,25). The van der Waals surface area contributed by atoms with Gasteiger partial charge in [0.15, 0.2) is 5.78 Å². The van der Waals surface area contributed by atoms with Gasteiger partial charge in [-0.25, -0.2) is 4.68 Å². The van der Waals surface area contributed by atoms with Crippen LogP contribution in [0.3, 0.4) is 0 Å². The molecule has 136 valence electrons. The van der Waals surface area contributed by atoms with E-state index in [0.717, 1.165) is 16.9 Å². The number of benzene rings is 2. The molecule has 0 spiro atoms. The number of Topliss-reactive ketones (excluding diaryl/α,β-unsaturated/α-hetero) is 1. The zero-order valence-electron chi connectivity index (χ0n) is 15.1. The topological polar surface area (TPSA) is 73.2 Å². The molecule has 4 rings (SSSR count). The Morgan fingerprint density at radius 1 is 1.15 bits per heavy atom. The second kappa shape index (κ2) is 6.72. The Kier molecular flexibility index (Phi) is 4.24. The number of fused-ring (bicyclic) bond motifs is 1. The van der Waals surface area contributed by atoms with Crippen molar-refractivity contribution >= 4 is 17.5 Å². The van der Waals surface area contributed by atoms with Crippen LogP contribution in [-0.2, 0) is 4.79 Å². The summed E-state index contributed by atoms with van der Waals surface area (Å²) in [5.41, 5.74) is 2.90. The molecule has 1 atom stereocenters. The normalized spacial score (nSPS) is 15.8. The SMILES string of the molecule is COc1ccc(C(=O)C2CC(=O)Nc3c2c(C)nn3-c2ccccc2)cc1. The van der Waals surface area contributed by atoms with Crippen LogP contribution in [0.15, 0.2) is 54.6 Å². The molecule has 1 aromatic heterocycles. The highest BCUT2D eigenvalue weighted by molar-refractivity contribution is 6.08. The number of anilines is 1. The van der Waals surface area contributed by atoms with Crippen molar-refractivity contribution in [3.05, 3.63) is 71.4 Å². The fourth-order valence-electron chi connectivity index (χ4n) is 3.48. The number of methoxy groups -OCH3 is 1. The molecule has 6 heteroatoms. The minimum absolute atomic E-state index is 0.0931. The highest BCUT2D eigenvalue weighted by Crippen LogP contribution is 2.38. The van der Waals surface area contributed by atoms with Gasteiger partial charge in [-0.2, -0.15) is 5.10 Å². The number of para-hydroxylation sites is 1. The summed E-state index contributed by atoms with van der Waals surface area (Å²) in [6.45, 7) is 1.87. The first kappa shape index (κ1) is 17.0. The molecule has 0 aliphatic carbocycles. The first-order chi connectivity index (χ1) is 13.1. The average molecular weight is 361 g/mol. The van der Waals surface area contributed by atoms with Crippen LogP contribution in [0.1, 0.15) is 34.0 Å². The van der Waals surface area contributed by atoms with Gasteiger partial charge in [0.25, 0.3) is 0 Å². The monoisotopic (exact) mass is 361 g/mol. The number of hydrogen-bond acceptors (Lipinski definition) is 4. The molecule has 0 bridgehead atoms. The van der Waals surface area contributed by atoms with Crippen LogP contribution in [-0.4, -0.2) is 28.6 Å². The lowest BCUT2D eigenvalue weighted by Crippen LogP contribution is -2.28. The molecule has 6 nitrogen and oxygen atoms in total. The minimum Gasteiger partial charge on any atom is -0.497 e. The lowest BCUT2D eigenvalue weighted by Gasteiger charge is -2.23. The number of hydrogen-bond donors (Lipinski definition) is 1. The first-order valence-corrected chi connectivity index (χ1v) is 8.71. The first-order valence-electron chi connectivity index (χ1n) is 8.71. The van der Waals surface area contributed by atoms with E-state index in [-0.39, 0.29) is 18.1 Å². The van der Waals surface area contributed by atoms with E-state index in [1.165, 1.54) is 0 Å². The van der Waals surface area contributed by atoms with Crippen molar-refractivity contribution in [1.82, 2.24) is 9.78 Å². The van der Waals surface area contributed by atoms with E-state index in [9.17, 15) is 9.59 Å². The van der Waals surface area contributed by atoms with Gasteiger partial charge >= 0.3 is 0 Å². The molecule has 1 unspecified atom stereocenters. The summed E-state index contributed by atoms with van der Waals surface area (Å²) in [4.78, 5) is 25.5. The Balaban J connectivity index is 1.78. The van der Waals surface area contributed by atoms with Crippen molar-refractivity contribution in [3.63, 3.8) is 0 Å². The second-order valence-electron chi connectivity index (χ2n) is 6.49. The number of ether oxygens (including phenoxy) is 1. The Morgan fingerprint density at radius 3 is 2.52 bits per heavy atom. The van der Waals surface area contributed by atoms with Gasteiger partial charge in [0.2, 0.25) is 5.91 Å². The van der Waals surface area contributed by atoms with Gasteiger partial charge in [-0.3, -0.25) is 9.59 Å². The number of ketones is 1.